The lowest BCUT2D eigenvalue weighted by atomic mass is 10.2. The summed E-state index contributed by atoms with van der Waals surface area (Å²) in [6.07, 6.45) is 6.01. The maximum atomic E-state index is 11.8. The molecule has 3 rings (SSSR count). The molecule has 9 heteroatoms. The van der Waals surface area contributed by atoms with Crippen molar-refractivity contribution in [3.05, 3.63) is 45.9 Å². The van der Waals surface area contributed by atoms with Gasteiger partial charge in [-0.1, -0.05) is 19.1 Å². The van der Waals surface area contributed by atoms with Gasteiger partial charge >= 0.3 is 0 Å². The second-order valence-electron chi connectivity index (χ2n) is 6.95. The molecule has 0 unspecified atom stereocenters. The zero-order valence-electron chi connectivity index (χ0n) is 17.4. The average molecular weight is 543 g/mol. The van der Waals surface area contributed by atoms with Crippen LogP contribution in [0.4, 0.5) is 0 Å². The number of ether oxygens (including phenoxy) is 1. The predicted octanol–water partition coefficient (Wildman–Crippen LogP) is 2.89. The minimum atomic E-state index is -0.0630. The van der Waals surface area contributed by atoms with Gasteiger partial charge in [0.05, 0.1) is 5.01 Å². The minimum Gasteiger partial charge on any atom is -0.484 e. The van der Waals surface area contributed by atoms with Crippen LogP contribution < -0.4 is 20.7 Å². The first-order valence-corrected chi connectivity index (χ1v) is 10.9. The Morgan fingerprint density at radius 3 is 2.87 bits per heavy atom. The third-order valence-corrected chi connectivity index (χ3v) is 5.68. The quantitative estimate of drug-likeness (QED) is 0.244. The highest BCUT2D eigenvalue weighted by molar-refractivity contribution is 14.0. The fraction of sp³-hybridized carbons (Fsp3) is 0.476. The molecule has 1 fully saturated rings. The Morgan fingerprint density at radius 2 is 2.17 bits per heavy atom. The van der Waals surface area contributed by atoms with Crippen LogP contribution in [-0.2, 0) is 24.2 Å². The van der Waals surface area contributed by atoms with E-state index in [1.165, 1.54) is 4.88 Å². The number of benzene rings is 1. The summed E-state index contributed by atoms with van der Waals surface area (Å²) in [7, 11) is 1.76. The molecule has 30 heavy (non-hydrogen) atoms. The van der Waals surface area contributed by atoms with Crippen molar-refractivity contribution in [1.29, 1.82) is 0 Å². The van der Waals surface area contributed by atoms with Crippen molar-refractivity contribution in [1.82, 2.24) is 20.9 Å². The standard InChI is InChI=1S/C21H29N5O2S.HI/c1-3-18-13-24-20(29-18)9-10-23-21(22-2)25-12-15-5-4-6-17(11-15)28-14-19(27)26-16-7-8-16;/h4-6,11,13,16H,3,7-10,12,14H2,1-2H3,(H,26,27)(H2,22,23,25);1H. The highest BCUT2D eigenvalue weighted by Crippen LogP contribution is 2.18. The van der Waals surface area contributed by atoms with Crippen molar-refractivity contribution in [2.24, 2.45) is 4.99 Å². The van der Waals surface area contributed by atoms with E-state index in [0.717, 1.165) is 48.8 Å². The first-order valence-electron chi connectivity index (χ1n) is 10.1. The lowest BCUT2D eigenvalue weighted by molar-refractivity contribution is -0.123. The van der Waals surface area contributed by atoms with E-state index < -0.39 is 0 Å². The summed E-state index contributed by atoms with van der Waals surface area (Å²) < 4.78 is 5.60. The van der Waals surface area contributed by atoms with E-state index in [4.69, 9.17) is 4.74 Å². The first kappa shape index (κ1) is 24.4. The number of rotatable bonds is 10. The van der Waals surface area contributed by atoms with Crippen molar-refractivity contribution >= 4 is 47.2 Å². The van der Waals surface area contributed by atoms with Crippen LogP contribution in [0.2, 0.25) is 0 Å². The van der Waals surface area contributed by atoms with Crippen molar-refractivity contribution in [3.8, 4) is 5.75 Å². The number of aromatic nitrogens is 1. The molecular weight excluding hydrogens is 513 g/mol. The number of aryl methyl sites for hydroxylation is 1. The molecule has 1 aliphatic carbocycles. The smallest absolute Gasteiger partial charge is 0.258 e. The summed E-state index contributed by atoms with van der Waals surface area (Å²) >= 11 is 1.76. The molecule has 1 aromatic carbocycles. The maximum Gasteiger partial charge on any atom is 0.258 e. The van der Waals surface area contributed by atoms with E-state index in [1.807, 2.05) is 30.5 Å². The molecule has 1 amide bonds. The summed E-state index contributed by atoms with van der Waals surface area (Å²) in [5.41, 5.74) is 1.06. The van der Waals surface area contributed by atoms with Crippen LogP contribution >= 0.6 is 35.3 Å². The zero-order chi connectivity index (χ0) is 20.5. The Morgan fingerprint density at radius 1 is 1.33 bits per heavy atom. The number of nitrogens with one attached hydrogen (secondary N) is 3. The molecule has 7 nitrogen and oxygen atoms in total. The molecule has 1 saturated carbocycles. The third kappa shape index (κ3) is 8.47. The predicted molar refractivity (Wildman–Crippen MR) is 132 cm³/mol. The topological polar surface area (TPSA) is 87.6 Å². The lowest BCUT2D eigenvalue weighted by Gasteiger charge is -2.12. The van der Waals surface area contributed by atoms with Crippen LogP contribution in [0.1, 0.15) is 35.2 Å². The second kappa shape index (κ2) is 12.7. The van der Waals surface area contributed by atoms with Gasteiger partial charge in [-0.2, -0.15) is 0 Å². The molecule has 1 aromatic heterocycles. The van der Waals surface area contributed by atoms with Crippen molar-refractivity contribution in [3.63, 3.8) is 0 Å². The monoisotopic (exact) mass is 543 g/mol. The Bertz CT molecular complexity index is 838. The van der Waals surface area contributed by atoms with Crippen molar-refractivity contribution < 1.29 is 9.53 Å². The van der Waals surface area contributed by atoms with Gasteiger partial charge in [-0.25, -0.2) is 4.98 Å². The van der Waals surface area contributed by atoms with Crippen LogP contribution in [0, 0.1) is 0 Å². The molecule has 0 spiro atoms. The van der Waals surface area contributed by atoms with Gasteiger partial charge in [0.25, 0.3) is 5.91 Å². The molecule has 0 atom stereocenters. The molecule has 164 valence electrons. The summed E-state index contributed by atoms with van der Waals surface area (Å²) in [5, 5.41) is 10.7. The van der Waals surface area contributed by atoms with Crippen LogP contribution in [0.5, 0.6) is 5.75 Å². The fourth-order valence-electron chi connectivity index (χ4n) is 2.71. The van der Waals surface area contributed by atoms with Gasteiger partial charge in [0.1, 0.15) is 5.75 Å². The number of carbonyl (C=O) groups is 1. The van der Waals surface area contributed by atoms with E-state index in [0.29, 0.717) is 18.3 Å². The lowest BCUT2D eigenvalue weighted by Crippen LogP contribution is -2.37. The highest BCUT2D eigenvalue weighted by atomic mass is 127. The summed E-state index contributed by atoms with van der Waals surface area (Å²) in [4.78, 5) is 21.8. The second-order valence-corrected chi connectivity index (χ2v) is 8.15. The van der Waals surface area contributed by atoms with Gasteiger partial charge in [-0.05, 0) is 37.0 Å². The normalized spacial score (nSPS) is 13.3. The van der Waals surface area contributed by atoms with Crippen LogP contribution in [0.15, 0.2) is 35.5 Å². The van der Waals surface area contributed by atoms with Gasteiger partial charge < -0.3 is 20.7 Å². The maximum absolute atomic E-state index is 11.8. The van der Waals surface area contributed by atoms with Crippen molar-refractivity contribution in [2.45, 2.75) is 45.2 Å². The molecule has 0 aliphatic heterocycles. The van der Waals surface area contributed by atoms with Crippen LogP contribution in [0.3, 0.4) is 0 Å². The molecule has 0 radical (unpaired) electrons. The van der Waals surface area contributed by atoms with E-state index in [1.54, 1.807) is 18.4 Å². The summed E-state index contributed by atoms with van der Waals surface area (Å²) in [6.45, 7) is 3.58. The van der Waals surface area contributed by atoms with E-state index in [2.05, 4.69) is 32.9 Å². The number of thiazole rings is 1. The Balaban J connectivity index is 0.00000320. The van der Waals surface area contributed by atoms with Gasteiger partial charge in [0.2, 0.25) is 0 Å². The van der Waals surface area contributed by atoms with Gasteiger partial charge in [0.15, 0.2) is 12.6 Å². The van der Waals surface area contributed by atoms with E-state index in [-0.39, 0.29) is 36.5 Å². The fourth-order valence-corrected chi connectivity index (χ4v) is 3.57. The number of aliphatic imine (C=N–C) groups is 1. The minimum absolute atomic E-state index is 0. The molecule has 0 bridgehead atoms. The molecule has 1 aliphatic rings. The Kier molecular flexibility index (Phi) is 10.4. The Hall–Kier alpha value is -1.88. The SMILES string of the molecule is CCc1cnc(CCNC(=NC)NCc2cccc(OCC(=O)NC3CC3)c2)s1.I. The molecule has 1 heterocycles. The van der Waals surface area contributed by atoms with Gasteiger partial charge in [0, 0.05) is 43.7 Å². The largest absolute Gasteiger partial charge is 0.484 e. The highest BCUT2D eigenvalue weighted by Gasteiger charge is 2.23. The van der Waals surface area contributed by atoms with Crippen LogP contribution in [-0.4, -0.2) is 43.1 Å². The number of hydrogen-bond acceptors (Lipinski definition) is 5. The van der Waals surface area contributed by atoms with E-state index in [9.17, 15) is 4.79 Å². The number of guanidine groups is 1. The number of amides is 1. The molecule has 0 saturated heterocycles. The molecular formula is C21H30IN5O2S. The summed E-state index contributed by atoms with van der Waals surface area (Å²) in [6, 6.07) is 8.09. The van der Waals surface area contributed by atoms with Crippen molar-refractivity contribution in [2.75, 3.05) is 20.2 Å². The van der Waals surface area contributed by atoms with Gasteiger partial charge in [-0.3, -0.25) is 9.79 Å². The molecule has 3 N–H and O–H groups in total. The number of halogens is 1. The number of carbonyl (C=O) groups excluding carboxylic acids is 1. The summed E-state index contributed by atoms with van der Waals surface area (Å²) in [5.74, 6) is 1.37. The number of hydrogen-bond donors (Lipinski definition) is 3. The average Bonchev–Trinajstić information content (AvgIpc) is 3.43. The molecule has 2 aromatic rings. The number of nitrogens with zero attached hydrogens (tertiary/aromatic N) is 2. The van der Waals surface area contributed by atoms with E-state index >= 15 is 0 Å². The first-order chi connectivity index (χ1) is 14.2. The van der Waals surface area contributed by atoms with Gasteiger partial charge in [-0.15, -0.1) is 35.3 Å². The third-order valence-electron chi connectivity index (χ3n) is 4.48. The zero-order valence-corrected chi connectivity index (χ0v) is 20.6. The Labute approximate surface area is 199 Å². The van der Waals surface area contributed by atoms with Crippen LogP contribution in [0.25, 0.3) is 0 Å².